The monoisotopic (exact) mass is 426 g/mol. The first-order valence-electron chi connectivity index (χ1n) is 11.0. The molecule has 3 aromatic rings. The summed E-state index contributed by atoms with van der Waals surface area (Å²) in [6, 6.07) is 20.4. The summed E-state index contributed by atoms with van der Waals surface area (Å²) < 4.78 is 2.18. The number of benzene rings is 2. The van der Waals surface area contributed by atoms with Crippen LogP contribution >= 0.6 is 0 Å². The standard InChI is InChI=1S/C25H26N6O/c26-14-19-6-8-20(9-7-19)16-31-18-27-15-22(31)23(21-4-2-1-3-5-21)30-12-10-25(11-13-30)24(32)28-17-29-25/h1-9,15,18,23,29H,10-13,16-17H2,(H,28,32). The zero-order valence-corrected chi connectivity index (χ0v) is 17.9. The van der Waals surface area contributed by atoms with Crippen molar-refractivity contribution in [3.63, 3.8) is 0 Å². The molecule has 1 spiro atoms. The van der Waals surface area contributed by atoms with E-state index in [0.29, 0.717) is 18.8 Å². The highest BCUT2D eigenvalue weighted by atomic mass is 16.2. The second-order valence-electron chi connectivity index (χ2n) is 8.55. The Morgan fingerprint density at radius 2 is 1.84 bits per heavy atom. The molecule has 3 heterocycles. The Labute approximate surface area is 187 Å². The fraction of sp³-hybridized carbons (Fsp3) is 0.320. The van der Waals surface area contributed by atoms with E-state index in [-0.39, 0.29) is 11.9 Å². The van der Waals surface area contributed by atoms with E-state index < -0.39 is 5.54 Å². The van der Waals surface area contributed by atoms with Crippen LogP contribution in [0.1, 0.15) is 41.3 Å². The molecule has 1 amide bonds. The van der Waals surface area contributed by atoms with Crippen LogP contribution in [0.5, 0.6) is 0 Å². The Morgan fingerprint density at radius 3 is 2.50 bits per heavy atom. The van der Waals surface area contributed by atoms with Crippen LogP contribution in [-0.4, -0.2) is 45.7 Å². The number of hydrogen-bond donors (Lipinski definition) is 2. The van der Waals surface area contributed by atoms with Gasteiger partial charge in [-0.3, -0.25) is 15.0 Å². The third-order valence-corrected chi connectivity index (χ3v) is 6.70. The highest BCUT2D eigenvalue weighted by Gasteiger charge is 2.45. The Kier molecular flexibility index (Phi) is 5.48. The number of carbonyl (C=O) groups is 1. The average molecular weight is 427 g/mol. The highest BCUT2D eigenvalue weighted by Crippen LogP contribution is 2.34. The van der Waals surface area contributed by atoms with E-state index in [1.807, 2.05) is 42.9 Å². The highest BCUT2D eigenvalue weighted by molar-refractivity contribution is 5.88. The third-order valence-electron chi connectivity index (χ3n) is 6.70. The number of likely N-dealkylation sites (tertiary alicyclic amines) is 1. The maximum Gasteiger partial charge on any atom is 0.241 e. The van der Waals surface area contributed by atoms with Gasteiger partial charge in [0.05, 0.1) is 42.6 Å². The van der Waals surface area contributed by atoms with Gasteiger partial charge in [0.25, 0.3) is 0 Å². The molecule has 2 aromatic carbocycles. The second kappa shape index (κ2) is 8.58. The van der Waals surface area contributed by atoms with Crippen LogP contribution in [0.3, 0.4) is 0 Å². The van der Waals surface area contributed by atoms with Gasteiger partial charge >= 0.3 is 0 Å². The number of hydrogen-bond acceptors (Lipinski definition) is 5. The summed E-state index contributed by atoms with van der Waals surface area (Å²) in [4.78, 5) is 19.3. The van der Waals surface area contributed by atoms with E-state index in [1.165, 1.54) is 5.56 Å². The molecule has 0 aliphatic carbocycles. The van der Waals surface area contributed by atoms with Gasteiger partial charge in [-0.15, -0.1) is 0 Å². The van der Waals surface area contributed by atoms with Gasteiger partial charge in [-0.2, -0.15) is 5.26 Å². The molecular weight excluding hydrogens is 400 g/mol. The third kappa shape index (κ3) is 3.79. The van der Waals surface area contributed by atoms with Crippen LogP contribution in [0.4, 0.5) is 0 Å². The molecular formula is C25H26N6O. The fourth-order valence-electron chi connectivity index (χ4n) is 4.89. The first-order valence-corrected chi connectivity index (χ1v) is 11.0. The van der Waals surface area contributed by atoms with E-state index in [1.54, 1.807) is 0 Å². The molecule has 7 heteroatoms. The van der Waals surface area contributed by atoms with Crippen LogP contribution in [-0.2, 0) is 11.3 Å². The van der Waals surface area contributed by atoms with Crippen LogP contribution in [0, 0.1) is 11.3 Å². The number of imidazole rings is 1. The van der Waals surface area contributed by atoms with Gasteiger partial charge in [0, 0.05) is 19.6 Å². The van der Waals surface area contributed by atoms with Crippen molar-refractivity contribution in [2.75, 3.05) is 19.8 Å². The van der Waals surface area contributed by atoms with Crippen LogP contribution in [0.2, 0.25) is 0 Å². The summed E-state index contributed by atoms with van der Waals surface area (Å²) in [5, 5.41) is 15.4. The minimum absolute atomic E-state index is 0.0545. The number of nitrogens with zero attached hydrogens (tertiary/aromatic N) is 4. The number of nitrogens with one attached hydrogen (secondary N) is 2. The quantitative estimate of drug-likeness (QED) is 0.654. The fourth-order valence-corrected chi connectivity index (χ4v) is 4.89. The zero-order chi connectivity index (χ0) is 22.0. The van der Waals surface area contributed by atoms with Crippen LogP contribution in [0.15, 0.2) is 67.1 Å². The Balaban J connectivity index is 1.43. The van der Waals surface area contributed by atoms with Gasteiger partial charge in [-0.05, 0) is 36.1 Å². The van der Waals surface area contributed by atoms with Crippen molar-refractivity contribution in [1.82, 2.24) is 25.1 Å². The summed E-state index contributed by atoms with van der Waals surface area (Å²) in [6.45, 7) is 2.88. The van der Waals surface area contributed by atoms with Crippen molar-refractivity contribution in [1.29, 1.82) is 5.26 Å². The number of piperidine rings is 1. The molecule has 162 valence electrons. The molecule has 1 atom stereocenters. The molecule has 0 bridgehead atoms. The Bertz CT molecular complexity index is 1120. The molecule has 1 unspecified atom stereocenters. The lowest BCUT2D eigenvalue weighted by Crippen LogP contribution is -2.55. The summed E-state index contributed by atoms with van der Waals surface area (Å²) in [5.41, 5.74) is 3.70. The molecule has 0 radical (unpaired) electrons. The Hall–Kier alpha value is -3.47. The lowest BCUT2D eigenvalue weighted by molar-refractivity contribution is -0.125. The first-order chi connectivity index (χ1) is 15.7. The van der Waals surface area contributed by atoms with Crippen LogP contribution in [0.25, 0.3) is 0 Å². The number of amides is 1. The van der Waals surface area contributed by atoms with Gasteiger partial charge < -0.3 is 9.88 Å². The zero-order valence-electron chi connectivity index (χ0n) is 17.9. The summed E-state index contributed by atoms with van der Waals surface area (Å²) in [5.74, 6) is 0.124. The molecule has 5 rings (SSSR count). The molecule has 1 aromatic heterocycles. The van der Waals surface area contributed by atoms with Crippen molar-refractivity contribution in [3.8, 4) is 6.07 Å². The van der Waals surface area contributed by atoms with E-state index in [0.717, 1.165) is 37.2 Å². The Morgan fingerprint density at radius 1 is 1.09 bits per heavy atom. The number of rotatable bonds is 5. The topological polar surface area (TPSA) is 86.0 Å². The van der Waals surface area contributed by atoms with Crippen molar-refractivity contribution in [2.24, 2.45) is 0 Å². The van der Waals surface area contributed by atoms with E-state index in [9.17, 15) is 4.79 Å². The molecule has 2 fully saturated rings. The maximum absolute atomic E-state index is 12.4. The molecule has 7 nitrogen and oxygen atoms in total. The lowest BCUT2D eigenvalue weighted by Gasteiger charge is -2.41. The van der Waals surface area contributed by atoms with Crippen molar-refractivity contribution in [3.05, 3.63) is 89.5 Å². The predicted octanol–water partition coefficient (Wildman–Crippen LogP) is 2.40. The van der Waals surface area contributed by atoms with Gasteiger partial charge in [0.15, 0.2) is 0 Å². The van der Waals surface area contributed by atoms with E-state index >= 15 is 0 Å². The largest absolute Gasteiger partial charge is 0.342 e. The minimum atomic E-state index is -0.430. The van der Waals surface area contributed by atoms with Gasteiger partial charge in [0.2, 0.25) is 5.91 Å². The molecule has 2 saturated heterocycles. The molecule has 0 saturated carbocycles. The van der Waals surface area contributed by atoms with Crippen molar-refractivity contribution >= 4 is 5.91 Å². The number of nitriles is 1. The predicted molar refractivity (Wildman–Crippen MR) is 120 cm³/mol. The van der Waals surface area contributed by atoms with Crippen LogP contribution < -0.4 is 10.6 Å². The molecule has 2 aliphatic rings. The molecule has 2 N–H and O–H groups in total. The number of carbonyl (C=O) groups excluding carboxylic acids is 1. The second-order valence-corrected chi connectivity index (χ2v) is 8.55. The average Bonchev–Trinajstić information content (AvgIpc) is 3.43. The normalized spacial score (nSPS) is 18.9. The van der Waals surface area contributed by atoms with Crippen molar-refractivity contribution < 1.29 is 4.79 Å². The maximum atomic E-state index is 12.4. The number of aromatic nitrogens is 2. The SMILES string of the molecule is N#Cc1ccc(Cn2cncc2C(c2ccccc2)N2CCC3(CC2)NCNC3=O)cc1. The van der Waals surface area contributed by atoms with Crippen molar-refractivity contribution in [2.45, 2.75) is 31.0 Å². The van der Waals surface area contributed by atoms with Gasteiger partial charge in [-0.25, -0.2) is 4.98 Å². The smallest absolute Gasteiger partial charge is 0.241 e. The van der Waals surface area contributed by atoms with E-state index in [2.05, 4.69) is 55.4 Å². The minimum Gasteiger partial charge on any atom is -0.342 e. The van der Waals surface area contributed by atoms with Gasteiger partial charge in [0.1, 0.15) is 5.54 Å². The molecule has 32 heavy (non-hydrogen) atoms. The van der Waals surface area contributed by atoms with Gasteiger partial charge in [-0.1, -0.05) is 42.5 Å². The molecule has 2 aliphatic heterocycles. The summed E-state index contributed by atoms with van der Waals surface area (Å²) >= 11 is 0. The first kappa shape index (κ1) is 20.4. The van der Waals surface area contributed by atoms with E-state index in [4.69, 9.17) is 5.26 Å². The lowest BCUT2D eigenvalue weighted by atomic mass is 9.86. The summed E-state index contributed by atoms with van der Waals surface area (Å²) in [6.07, 6.45) is 5.39. The summed E-state index contributed by atoms with van der Waals surface area (Å²) in [7, 11) is 0.